The summed E-state index contributed by atoms with van der Waals surface area (Å²) in [6.07, 6.45) is 6.87. The number of benzene rings is 1. The normalized spacial score (nSPS) is 15.2. The molecule has 0 unspecified atom stereocenters. The van der Waals surface area contributed by atoms with Crippen LogP contribution in [0.1, 0.15) is 26.2 Å². The molecule has 0 saturated carbocycles. The van der Waals surface area contributed by atoms with Crippen molar-refractivity contribution < 1.29 is 9.47 Å². The zero-order chi connectivity index (χ0) is 21.2. The Morgan fingerprint density at radius 1 is 1.17 bits per heavy atom. The van der Waals surface area contributed by atoms with Crippen molar-refractivity contribution in [3.05, 3.63) is 36.7 Å². The van der Waals surface area contributed by atoms with Gasteiger partial charge in [-0.2, -0.15) is 5.10 Å². The Bertz CT molecular complexity index is 763. The lowest BCUT2D eigenvalue weighted by molar-refractivity contribution is 0.393. The molecular formula is C22H34N6O2. The summed E-state index contributed by atoms with van der Waals surface area (Å²) in [6.45, 7) is 6.57. The van der Waals surface area contributed by atoms with Crippen LogP contribution < -0.4 is 25.0 Å². The van der Waals surface area contributed by atoms with Gasteiger partial charge in [0.15, 0.2) is 5.96 Å². The van der Waals surface area contributed by atoms with E-state index in [-0.39, 0.29) is 0 Å². The molecule has 1 aromatic heterocycles. The molecule has 0 amide bonds. The van der Waals surface area contributed by atoms with Crippen molar-refractivity contribution in [1.29, 1.82) is 0 Å². The third-order valence-corrected chi connectivity index (χ3v) is 5.26. The second-order valence-corrected chi connectivity index (χ2v) is 7.36. The second kappa shape index (κ2) is 11.3. The number of aromatic nitrogens is 2. The number of guanidine groups is 1. The fraction of sp³-hybridized carbons (Fsp3) is 0.545. The van der Waals surface area contributed by atoms with E-state index >= 15 is 0 Å². The van der Waals surface area contributed by atoms with Gasteiger partial charge in [0.1, 0.15) is 11.5 Å². The number of methoxy groups -OCH3 is 2. The predicted molar refractivity (Wildman–Crippen MR) is 121 cm³/mol. The van der Waals surface area contributed by atoms with Crippen LogP contribution in [0.3, 0.4) is 0 Å². The van der Waals surface area contributed by atoms with Crippen molar-refractivity contribution in [1.82, 2.24) is 20.4 Å². The minimum absolute atomic E-state index is 0.415. The van der Waals surface area contributed by atoms with E-state index in [2.05, 4.69) is 39.7 Å². The van der Waals surface area contributed by atoms with E-state index in [0.29, 0.717) is 6.04 Å². The van der Waals surface area contributed by atoms with Crippen molar-refractivity contribution in [3.63, 3.8) is 0 Å². The van der Waals surface area contributed by atoms with E-state index < -0.39 is 0 Å². The van der Waals surface area contributed by atoms with Gasteiger partial charge in [0.2, 0.25) is 0 Å². The van der Waals surface area contributed by atoms with E-state index in [1.54, 1.807) is 14.2 Å². The zero-order valence-corrected chi connectivity index (χ0v) is 18.3. The Morgan fingerprint density at radius 3 is 2.50 bits per heavy atom. The van der Waals surface area contributed by atoms with Crippen molar-refractivity contribution in [2.45, 2.75) is 38.8 Å². The van der Waals surface area contributed by atoms with Gasteiger partial charge in [-0.15, -0.1) is 0 Å². The summed E-state index contributed by atoms with van der Waals surface area (Å²) in [5.74, 6) is 2.54. The first-order chi connectivity index (χ1) is 14.7. The van der Waals surface area contributed by atoms with Gasteiger partial charge in [-0.1, -0.05) is 0 Å². The highest BCUT2D eigenvalue weighted by Crippen LogP contribution is 2.30. The molecule has 0 aliphatic carbocycles. The number of aliphatic imine (C=N–C) groups is 1. The van der Waals surface area contributed by atoms with Crippen LogP contribution in [0.25, 0.3) is 0 Å². The van der Waals surface area contributed by atoms with E-state index in [0.717, 1.165) is 75.1 Å². The number of hydrogen-bond acceptors (Lipinski definition) is 5. The lowest BCUT2D eigenvalue weighted by atomic mass is 10.0. The van der Waals surface area contributed by atoms with Crippen LogP contribution in [0.4, 0.5) is 5.69 Å². The topological polar surface area (TPSA) is 75.9 Å². The molecule has 1 aromatic carbocycles. The quantitative estimate of drug-likeness (QED) is 0.373. The SMILES string of the molecule is CCNC(=NCCCn1cccn1)NC1CCN(c2cc(OC)cc(OC)c2)CC1. The first-order valence-corrected chi connectivity index (χ1v) is 10.7. The van der Waals surface area contributed by atoms with E-state index in [9.17, 15) is 0 Å². The molecule has 1 aliphatic rings. The van der Waals surface area contributed by atoms with Gasteiger partial charge < -0.3 is 25.0 Å². The molecule has 2 N–H and O–H groups in total. The first kappa shape index (κ1) is 21.8. The highest BCUT2D eigenvalue weighted by Gasteiger charge is 2.21. The lowest BCUT2D eigenvalue weighted by Crippen LogP contribution is -2.48. The highest BCUT2D eigenvalue weighted by molar-refractivity contribution is 5.80. The molecule has 1 fully saturated rings. The maximum atomic E-state index is 5.41. The summed E-state index contributed by atoms with van der Waals surface area (Å²) in [5, 5.41) is 11.2. The molecule has 1 aliphatic heterocycles. The number of aryl methyl sites for hydroxylation is 1. The third kappa shape index (κ3) is 6.30. The molecule has 0 radical (unpaired) electrons. The number of piperidine rings is 1. The molecule has 0 atom stereocenters. The van der Waals surface area contributed by atoms with Crippen LogP contribution in [-0.2, 0) is 6.54 Å². The van der Waals surface area contributed by atoms with Gasteiger partial charge in [-0.3, -0.25) is 9.67 Å². The minimum Gasteiger partial charge on any atom is -0.497 e. The Hall–Kier alpha value is -2.90. The van der Waals surface area contributed by atoms with E-state index in [4.69, 9.17) is 14.5 Å². The van der Waals surface area contributed by atoms with Crippen LogP contribution in [-0.4, -0.2) is 62.2 Å². The number of nitrogens with zero attached hydrogens (tertiary/aromatic N) is 4. The molecule has 8 heteroatoms. The van der Waals surface area contributed by atoms with Crippen LogP contribution in [0.15, 0.2) is 41.7 Å². The third-order valence-electron chi connectivity index (χ3n) is 5.26. The predicted octanol–water partition coefficient (Wildman–Crippen LogP) is 2.51. The Labute approximate surface area is 179 Å². The number of ether oxygens (including phenoxy) is 2. The minimum atomic E-state index is 0.415. The van der Waals surface area contributed by atoms with Crippen molar-refractivity contribution >= 4 is 11.6 Å². The molecule has 2 heterocycles. The van der Waals surface area contributed by atoms with Crippen LogP contribution in [0, 0.1) is 0 Å². The van der Waals surface area contributed by atoms with Gasteiger partial charge in [0, 0.05) is 75.0 Å². The number of rotatable bonds is 9. The smallest absolute Gasteiger partial charge is 0.191 e. The van der Waals surface area contributed by atoms with Crippen LogP contribution in [0.5, 0.6) is 11.5 Å². The maximum Gasteiger partial charge on any atom is 0.191 e. The van der Waals surface area contributed by atoms with Gasteiger partial charge in [-0.05, 0) is 32.3 Å². The average molecular weight is 415 g/mol. The Morgan fingerprint density at radius 2 is 1.90 bits per heavy atom. The molecule has 30 heavy (non-hydrogen) atoms. The molecule has 8 nitrogen and oxygen atoms in total. The summed E-state index contributed by atoms with van der Waals surface area (Å²) >= 11 is 0. The Balaban J connectivity index is 1.49. The van der Waals surface area contributed by atoms with Crippen molar-refractivity contribution in [3.8, 4) is 11.5 Å². The lowest BCUT2D eigenvalue weighted by Gasteiger charge is -2.34. The van der Waals surface area contributed by atoms with E-state index in [1.807, 2.05) is 29.2 Å². The first-order valence-electron chi connectivity index (χ1n) is 10.7. The molecule has 2 aromatic rings. The summed E-state index contributed by atoms with van der Waals surface area (Å²) in [7, 11) is 3.37. The summed E-state index contributed by atoms with van der Waals surface area (Å²) < 4.78 is 12.8. The highest BCUT2D eigenvalue weighted by atomic mass is 16.5. The molecule has 1 saturated heterocycles. The Kier molecular flexibility index (Phi) is 8.23. The van der Waals surface area contributed by atoms with Crippen molar-refractivity contribution in [2.24, 2.45) is 4.99 Å². The van der Waals surface area contributed by atoms with Crippen LogP contribution >= 0.6 is 0 Å². The second-order valence-electron chi connectivity index (χ2n) is 7.36. The molecule has 0 spiro atoms. The molecule has 3 rings (SSSR count). The number of nitrogens with one attached hydrogen (secondary N) is 2. The largest absolute Gasteiger partial charge is 0.497 e. The van der Waals surface area contributed by atoms with Gasteiger partial charge in [0.05, 0.1) is 14.2 Å². The average Bonchev–Trinajstić information content (AvgIpc) is 3.30. The summed E-state index contributed by atoms with van der Waals surface area (Å²) in [6, 6.07) is 8.41. The fourth-order valence-corrected chi connectivity index (χ4v) is 3.63. The fourth-order valence-electron chi connectivity index (χ4n) is 3.63. The monoisotopic (exact) mass is 414 g/mol. The van der Waals surface area contributed by atoms with Gasteiger partial charge >= 0.3 is 0 Å². The van der Waals surface area contributed by atoms with Gasteiger partial charge in [0.25, 0.3) is 0 Å². The van der Waals surface area contributed by atoms with Gasteiger partial charge in [-0.25, -0.2) is 0 Å². The number of hydrogen-bond donors (Lipinski definition) is 2. The maximum absolute atomic E-state index is 5.41. The molecule has 164 valence electrons. The molecular weight excluding hydrogens is 380 g/mol. The standard InChI is InChI=1S/C22H34N6O2/c1-4-23-22(24-9-5-11-28-12-6-10-25-28)26-18-7-13-27(14-8-18)19-15-20(29-2)17-21(16-19)30-3/h6,10,12,15-18H,4-5,7-9,11,13-14H2,1-3H3,(H2,23,24,26). The van der Waals surface area contributed by atoms with E-state index in [1.165, 1.54) is 0 Å². The van der Waals surface area contributed by atoms with Crippen LogP contribution in [0.2, 0.25) is 0 Å². The number of anilines is 1. The van der Waals surface area contributed by atoms with Crippen molar-refractivity contribution in [2.75, 3.05) is 45.3 Å². The zero-order valence-electron chi connectivity index (χ0n) is 18.3. The summed E-state index contributed by atoms with van der Waals surface area (Å²) in [4.78, 5) is 7.12. The summed E-state index contributed by atoms with van der Waals surface area (Å²) in [5.41, 5.74) is 1.14. The molecule has 0 bridgehead atoms.